The Morgan fingerprint density at radius 2 is 2.28 bits per heavy atom. The Bertz CT molecular complexity index is 500. The van der Waals surface area contributed by atoms with Gasteiger partial charge in [0.2, 0.25) is 0 Å². The lowest BCUT2D eigenvalue weighted by Gasteiger charge is -2.07. The average molecular weight is 269 g/mol. The second kappa shape index (κ2) is 6.66. The van der Waals surface area contributed by atoms with Gasteiger partial charge in [0.05, 0.1) is 18.4 Å². The number of hydrogen-bond donors (Lipinski definition) is 1. The van der Waals surface area contributed by atoms with Crippen molar-refractivity contribution in [3.8, 4) is 5.75 Å². The number of benzene rings is 1. The van der Waals surface area contributed by atoms with Gasteiger partial charge in [-0.3, -0.25) is 0 Å². The first-order valence-electron chi connectivity index (χ1n) is 5.17. The fourth-order valence-electron chi connectivity index (χ4n) is 1.41. The summed E-state index contributed by atoms with van der Waals surface area (Å²) in [4.78, 5) is 14.7. The molecule has 2 rings (SSSR count). The van der Waals surface area contributed by atoms with Gasteiger partial charge in [-0.15, -0.1) is 12.4 Å². The Hall–Kier alpha value is -2.01. The molecule has 2 aromatic rings. The largest absolute Gasteiger partial charge is 0.492 e. The van der Waals surface area contributed by atoms with Crippen molar-refractivity contribution in [2.45, 2.75) is 6.54 Å². The summed E-state index contributed by atoms with van der Waals surface area (Å²) in [5.41, 5.74) is 0.227. The van der Waals surface area contributed by atoms with Crippen molar-refractivity contribution in [3.63, 3.8) is 0 Å². The molecule has 0 aliphatic carbocycles. The molecule has 0 saturated carbocycles. The highest BCUT2D eigenvalue weighted by molar-refractivity contribution is 5.88. The van der Waals surface area contributed by atoms with E-state index in [1.165, 1.54) is 12.1 Å². The van der Waals surface area contributed by atoms with Gasteiger partial charge in [-0.2, -0.15) is 0 Å². The standard InChI is InChI=1S/C12H12N2O3.ClH/c15-12(16)10-2-1-3-11(8-10)17-7-6-14-5-4-13-9-14;/h1-5,8-9H,6-7H2,(H,15,16);1H. The minimum absolute atomic E-state index is 0. The van der Waals surface area contributed by atoms with Crippen molar-refractivity contribution >= 4 is 18.4 Å². The van der Waals surface area contributed by atoms with Crippen molar-refractivity contribution < 1.29 is 14.6 Å². The van der Waals surface area contributed by atoms with Crippen LogP contribution in [0.15, 0.2) is 43.0 Å². The lowest BCUT2D eigenvalue weighted by Crippen LogP contribution is -2.07. The Morgan fingerprint density at radius 3 is 2.94 bits per heavy atom. The molecule has 1 N–H and O–H groups in total. The molecular weight excluding hydrogens is 256 g/mol. The molecule has 0 aliphatic rings. The maximum absolute atomic E-state index is 10.7. The second-order valence-electron chi connectivity index (χ2n) is 3.48. The first-order valence-corrected chi connectivity index (χ1v) is 5.17. The molecule has 0 aliphatic heterocycles. The number of hydrogen-bond acceptors (Lipinski definition) is 3. The van der Waals surface area contributed by atoms with Gasteiger partial charge in [-0.1, -0.05) is 6.07 Å². The van der Waals surface area contributed by atoms with Crippen LogP contribution in [0.3, 0.4) is 0 Å². The summed E-state index contributed by atoms with van der Waals surface area (Å²) in [6.07, 6.45) is 5.25. The van der Waals surface area contributed by atoms with Gasteiger partial charge in [0, 0.05) is 12.4 Å². The number of aromatic nitrogens is 2. The van der Waals surface area contributed by atoms with E-state index in [0.717, 1.165) is 0 Å². The van der Waals surface area contributed by atoms with Crippen molar-refractivity contribution in [3.05, 3.63) is 48.5 Å². The molecule has 6 heteroatoms. The highest BCUT2D eigenvalue weighted by atomic mass is 35.5. The van der Waals surface area contributed by atoms with Crippen molar-refractivity contribution in [1.82, 2.24) is 9.55 Å². The van der Waals surface area contributed by atoms with E-state index in [9.17, 15) is 4.79 Å². The van der Waals surface area contributed by atoms with Gasteiger partial charge in [-0.05, 0) is 18.2 Å². The van der Waals surface area contributed by atoms with Crippen molar-refractivity contribution in [2.75, 3.05) is 6.61 Å². The van der Waals surface area contributed by atoms with E-state index in [4.69, 9.17) is 9.84 Å². The van der Waals surface area contributed by atoms with E-state index in [1.54, 1.807) is 24.7 Å². The molecular formula is C12H13ClN2O3. The van der Waals surface area contributed by atoms with Crippen molar-refractivity contribution in [2.24, 2.45) is 0 Å². The number of carboxylic acid groups (broad SMARTS) is 1. The van der Waals surface area contributed by atoms with Crippen LogP contribution in [-0.4, -0.2) is 27.2 Å². The molecule has 1 heterocycles. The molecule has 0 bridgehead atoms. The van der Waals surface area contributed by atoms with Crippen LogP contribution in [0.4, 0.5) is 0 Å². The highest BCUT2D eigenvalue weighted by Crippen LogP contribution is 2.13. The SMILES string of the molecule is Cl.O=C(O)c1cccc(OCCn2ccnc2)c1. The van der Waals surface area contributed by atoms with Gasteiger partial charge in [0.1, 0.15) is 12.4 Å². The third-order valence-corrected chi connectivity index (χ3v) is 2.26. The summed E-state index contributed by atoms with van der Waals surface area (Å²) >= 11 is 0. The number of carbonyl (C=O) groups is 1. The maximum atomic E-state index is 10.7. The minimum atomic E-state index is -0.954. The Balaban J connectivity index is 0.00000162. The third-order valence-electron chi connectivity index (χ3n) is 2.26. The van der Waals surface area contributed by atoms with Crippen LogP contribution in [0.25, 0.3) is 0 Å². The summed E-state index contributed by atoms with van der Waals surface area (Å²) in [5.74, 6) is -0.393. The average Bonchev–Trinajstić information content (AvgIpc) is 2.82. The summed E-state index contributed by atoms with van der Waals surface area (Å²) in [6, 6.07) is 6.44. The molecule has 0 atom stereocenters. The molecule has 0 saturated heterocycles. The van der Waals surface area contributed by atoms with Crippen LogP contribution in [0, 0.1) is 0 Å². The molecule has 0 unspecified atom stereocenters. The van der Waals surface area contributed by atoms with Crippen molar-refractivity contribution in [1.29, 1.82) is 0 Å². The van der Waals surface area contributed by atoms with E-state index < -0.39 is 5.97 Å². The molecule has 1 aromatic heterocycles. The molecule has 1 aromatic carbocycles. The first kappa shape index (κ1) is 14.1. The lowest BCUT2D eigenvalue weighted by atomic mass is 10.2. The van der Waals surface area contributed by atoms with Gasteiger partial charge < -0.3 is 14.4 Å². The fraction of sp³-hybridized carbons (Fsp3) is 0.167. The highest BCUT2D eigenvalue weighted by Gasteiger charge is 2.03. The number of aromatic carboxylic acids is 1. The number of nitrogens with zero attached hydrogens (tertiary/aromatic N) is 2. The summed E-state index contributed by atoms with van der Waals surface area (Å²) in [5, 5.41) is 8.82. The number of rotatable bonds is 5. The number of ether oxygens (including phenoxy) is 1. The third kappa shape index (κ3) is 3.78. The predicted molar refractivity (Wildman–Crippen MR) is 68.4 cm³/mol. The quantitative estimate of drug-likeness (QED) is 0.902. The zero-order valence-electron chi connectivity index (χ0n) is 9.52. The number of halogens is 1. The van der Waals surface area contributed by atoms with E-state index in [0.29, 0.717) is 18.9 Å². The van der Waals surface area contributed by atoms with E-state index in [2.05, 4.69) is 4.98 Å². The smallest absolute Gasteiger partial charge is 0.335 e. The predicted octanol–water partition coefficient (Wildman–Crippen LogP) is 2.08. The summed E-state index contributed by atoms with van der Waals surface area (Å²) in [7, 11) is 0. The molecule has 0 amide bonds. The molecule has 18 heavy (non-hydrogen) atoms. The number of imidazole rings is 1. The van der Waals surface area contributed by atoms with Crippen LogP contribution in [0.5, 0.6) is 5.75 Å². The van der Waals surface area contributed by atoms with Crippen LogP contribution in [0.2, 0.25) is 0 Å². The van der Waals surface area contributed by atoms with Crippen LogP contribution in [0.1, 0.15) is 10.4 Å². The molecule has 5 nitrogen and oxygen atoms in total. The normalized spacial score (nSPS) is 9.56. The second-order valence-corrected chi connectivity index (χ2v) is 3.48. The Kier molecular flexibility index (Phi) is 5.20. The van der Waals surface area contributed by atoms with Crippen LogP contribution >= 0.6 is 12.4 Å². The van der Waals surface area contributed by atoms with Gasteiger partial charge in [0.15, 0.2) is 0 Å². The minimum Gasteiger partial charge on any atom is -0.492 e. The number of carboxylic acids is 1. The monoisotopic (exact) mass is 268 g/mol. The topological polar surface area (TPSA) is 64.3 Å². The van der Waals surface area contributed by atoms with Gasteiger partial charge >= 0.3 is 5.97 Å². The van der Waals surface area contributed by atoms with E-state index >= 15 is 0 Å². The molecule has 0 radical (unpaired) electrons. The van der Waals surface area contributed by atoms with Crippen LogP contribution in [-0.2, 0) is 6.54 Å². The van der Waals surface area contributed by atoms with E-state index in [1.807, 2.05) is 10.8 Å². The summed E-state index contributed by atoms with van der Waals surface area (Å²) in [6.45, 7) is 1.15. The lowest BCUT2D eigenvalue weighted by molar-refractivity contribution is 0.0696. The fourth-order valence-corrected chi connectivity index (χ4v) is 1.41. The van der Waals surface area contributed by atoms with Crippen LogP contribution < -0.4 is 4.74 Å². The van der Waals surface area contributed by atoms with Gasteiger partial charge in [-0.25, -0.2) is 9.78 Å². The molecule has 96 valence electrons. The Labute approximate surface area is 110 Å². The summed E-state index contributed by atoms with van der Waals surface area (Å²) < 4.78 is 7.35. The maximum Gasteiger partial charge on any atom is 0.335 e. The van der Waals surface area contributed by atoms with Gasteiger partial charge in [0.25, 0.3) is 0 Å². The Morgan fingerprint density at radius 1 is 1.44 bits per heavy atom. The zero-order chi connectivity index (χ0) is 12.1. The first-order chi connectivity index (χ1) is 8.25. The zero-order valence-corrected chi connectivity index (χ0v) is 10.3. The molecule has 0 fully saturated rings. The van der Waals surface area contributed by atoms with E-state index in [-0.39, 0.29) is 18.0 Å². The molecule has 0 spiro atoms.